The van der Waals surface area contributed by atoms with Gasteiger partial charge in [0.05, 0.1) is 0 Å². The minimum atomic E-state index is -4.83. The number of hydrogen-bond acceptors (Lipinski definition) is 0. The van der Waals surface area contributed by atoms with Crippen molar-refractivity contribution >= 4 is 12.4 Å². The van der Waals surface area contributed by atoms with Crippen LogP contribution < -0.4 is 5.46 Å². The predicted molar refractivity (Wildman–Crippen MR) is 39.9 cm³/mol. The lowest BCUT2D eigenvalue weighted by atomic mass is 9.77. The molecular formula is C7H7BF3-. The zero-order chi connectivity index (χ0) is 8.48. The molecule has 11 heavy (non-hydrogen) atoms. The van der Waals surface area contributed by atoms with Crippen LogP contribution in [0.25, 0.3) is 0 Å². The minimum absolute atomic E-state index is 0.292. The molecule has 0 atom stereocenters. The van der Waals surface area contributed by atoms with Crippen LogP contribution in [0.2, 0.25) is 0 Å². The molecule has 0 aliphatic rings. The van der Waals surface area contributed by atoms with Gasteiger partial charge in [0, 0.05) is 0 Å². The Balaban J connectivity index is 3.14. The molecule has 0 heterocycles. The van der Waals surface area contributed by atoms with Gasteiger partial charge in [0.15, 0.2) is 0 Å². The largest absolute Gasteiger partial charge is 0.509 e. The van der Waals surface area contributed by atoms with Crippen LogP contribution in [-0.2, 0) is 0 Å². The highest BCUT2D eigenvalue weighted by atomic mass is 19.4. The molecule has 0 nitrogen and oxygen atoms in total. The standard InChI is InChI=1S/C7H7BF3/c1-6-4-2-3-5-7(6)8(9,10)11/h2-5H,1H3/q-1. The Hall–Kier alpha value is -0.925. The van der Waals surface area contributed by atoms with E-state index in [4.69, 9.17) is 0 Å². The molecule has 0 aromatic heterocycles. The number of benzene rings is 1. The summed E-state index contributed by atoms with van der Waals surface area (Å²) in [4.78, 5) is 0. The third kappa shape index (κ3) is 1.76. The average Bonchev–Trinajstić information content (AvgIpc) is 1.86. The zero-order valence-electron chi connectivity index (χ0n) is 6.02. The lowest BCUT2D eigenvalue weighted by molar-refractivity contribution is 0.500. The molecule has 0 N–H and O–H groups in total. The van der Waals surface area contributed by atoms with E-state index in [1.165, 1.54) is 19.1 Å². The molecule has 60 valence electrons. The first-order valence-electron chi connectivity index (χ1n) is 3.27. The second-order valence-electron chi connectivity index (χ2n) is 2.43. The maximum Gasteiger partial charge on any atom is 0.509 e. The Bertz CT molecular complexity index is 254. The molecule has 0 aliphatic heterocycles. The highest BCUT2D eigenvalue weighted by Crippen LogP contribution is 2.10. The van der Waals surface area contributed by atoms with Crippen LogP contribution in [0, 0.1) is 6.92 Å². The SMILES string of the molecule is Cc1ccccc1[B-](F)(F)F. The molecule has 4 heteroatoms. The van der Waals surface area contributed by atoms with Crippen molar-refractivity contribution in [2.45, 2.75) is 6.92 Å². The Morgan fingerprint density at radius 3 is 2.00 bits per heavy atom. The summed E-state index contributed by atoms with van der Waals surface area (Å²) in [5.74, 6) is 0. The van der Waals surface area contributed by atoms with Crippen LogP contribution in [0.4, 0.5) is 12.9 Å². The van der Waals surface area contributed by atoms with Gasteiger partial charge in [-0.2, -0.15) is 0 Å². The predicted octanol–water partition coefficient (Wildman–Crippen LogP) is 2.05. The third-order valence-corrected chi connectivity index (χ3v) is 1.54. The van der Waals surface area contributed by atoms with Gasteiger partial charge < -0.3 is 12.9 Å². The van der Waals surface area contributed by atoms with Crippen molar-refractivity contribution in [2.75, 3.05) is 0 Å². The summed E-state index contributed by atoms with van der Waals surface area (Å²) in [7, 11) is 0. The van der Waals surface area contributed by atoms with Crippen LogP contribution in [-0.4, -0.2) is 6.98 Å². The van der Waals surface area contributed by atoms with E-state index in [2.05, 4.69) is 0 Å². The van der Waals surface area contributed by atoms with Crippen molar-refractivity contribution in [2.24, 2.45) is 0 Å². The van der Waals surface area contributed by atoms with Crippen molar-refractivity contribution in [3.8, 4) is 0 Å². The Morgan fingerprint density at radius 1 is 1.09 bits per heavy atom. The summed E-state index contributed by atoms with van der Waals surface area (Å²) < 4.78 is 36.3. The first-order chi connectivity index (χ1) is 5.02. The first-order valence-corrected chi connectivity index (χ1v) is 3.27. The van der Waals surface area contributed by atoms with Gasteiger partial charge in [-0.3, -0.25) is 0 Å². The summed E-state index contributed by atoms with van der Waals surface area (Å²) in [6, 6.07) is 5.57. The molecule has 1 rings (SSSR count). The second-order valence-corrected chi connectivity index (χ2v) is 2.43. The Kier molecular flexibility index (Phi) is 1.93. The first kappa shape index (κ1) is 8.17. The third-order valence-electron chi connectivity index (χ3n) is 1.54. The maximum atomic E-state index is 12.1. The van der Waals surface area contributed by atoms with Crippen molar-refractivity contribution in [3.63, 3.8) is 0 Å². The smallest absolute Gasteiger partial charge is 0.445 e. The molecule has 0 amide bonds. The molecule has 0 fully saturated rings. The molecule has 0 bridgehead atoms. The molecule has 0 saturated carbocycles. The van der Waals surface area contributed by atoms with Gasteiger partial charge in [-0.25, -0.2) is 0 Å². The van der Waals surface area contributed by atoms with E-state index in [1.807, 2.05) is 0 Å². The lowest BCUT2D eigenvalue weighted by Crippen LogP contribution is -2.35. The summed E-state index contributed by atoms with van der Waals surface area (Å²) >= 11 is 0. The fraction of sp³-hybridized carbons (Fsp3) is 0.143. The summed E-state index contributed by atoms with van der Waals surface area (Å²) in [5.41, 5.74) is -0.201. The number of aryl methyl sites for hydroxylation is 1. The molecule has 1 aromatic carbocycles. The molecule has 0 unspecified atom stereocenters. The van der Waals surface area contributed by atoms with Crippen molar-refractivity contribution in [3.05, 3.63) is 29.8 Å². The lowest BCUT2D eigenvalue weighted by Gasteiger charge is -2.16. The number of hydrogen-bond donors (Lipinski definition) is 0. The summed E-state index contributed by atoms with van der Waals surface area (Å²) in [5, 5.41) is 0. The fourth-order valence-corrected chi connectivity index (χ4v) is 0.954. The van der Waals surface area contributed by atoms with Crippen molar-refractivity contribution < 1.29 is 12.9 Å². The van der Waals surface area contributed by atoms with E-state index in [0.717, 1.165) is 6.07 Å². The van der Waals surface area contributed by atoms with E-state index in [1.54, 1.807) is 6.07 Å². The van der Waals surface area contributed by atoms with Crippen LogP contribution in [0.1, 0.15) is 5.56 Å². The quantitative estimate of drug-likeness (QED) is 0.550. The van der Waals surface area contributed by atoms with E-state index >= 15 is 0 Å². The fourth-order valence-electron chi connectivity index (χ4n) is 0.954. The highest BCUT2D eigenvalue weighted by molar-refractivity contribution is 6.74. The average molecular weight is 159 g/mol. The minimum Gasteiger partial charge on any atom is -0.445 e. The van der Waals surface area contributed by atoms with Crippen LogP contribution in [0.5, 0.6) is 0 Å². The van der Waals surface area contributed by atoms with Crippen LogP contribution in [0.15, 0.2) is 24.3 Å². The monoisotopic (exact) mass is 159 g/mol. The maximum absolute atomic E-state index is 12.1. The van der Waals surface area contributed by atoms with E-state index in [-0.39, 0.29) is 0 Å². The summed E-state index contributed by atoms with van der Waals surface area (Å²) in [6.07, 6.45) is 0. The van der Waals surface area contributed by atoms with Crippen LogP contribution in [0.3, 0.4) is 0 Å². The highest BCUT2D eigenvalue weighted by Gasteiger charge is 2.26. The molecule has 0 saturated heterocycles. The number of halogens is 3. The van der Waals surface area contributed by atoms with Gasteiger partial charge in [0.25, 0.3) is 0 Å². The van der Waals surface area contributed by atoms with E-state index < -0.39 is 12.4 Å². The topological polar surface area (TPSA) is 0 Å². The molecule has 0 aliphatic carbocycles. The van der Waals surface area contributed by atoms with Gasteiger partial charge in [-0.1, -0.05) is 29.8 Å². The number of rotatable bonds is 1. The van der Waals surface area contributed by atoms with Crippen LogP contribution >= 0.6 is 0 Å². The van der Waals surface area contributed by atoms with Gasteiger partial charge in [0.2, 0.25) is 0 Å². The van der Waals surface area contributed by atoms with Gasteiger partial charge in [-0.15, -0.1) is 5.46 Å². The van der Waals surface area contributed by atoms with Gasteiger partial charge in [0.1, 0.15) is 0 Å². The molecule has 0 radical (unpaired) electrons. The molecule has 0 spiro atoms. The van der Waals surface area contributed by atoms with Crippen molar-refractivity contribution in [1.29, 1.82) is 0 Å². The van der Waals surface area contributed by atoms with Gasteiger partial charge >= 0.3 is 6.98 Å². The van der Waals surface area contributed by atoms with Crippen molar-refractivity contribution in [1.82, 2.24) is 0 Å². The second kappa shape index (κ2) is 2.60. The van der Waals surface area contributed by atoms with E-state index in [0.29, 0.717) is 5.56 Å². The van der Waals surface area contributed by atoms with E-state index in [9.17, 15) is 12.9 Å². The zero-order valence-corrected chi connectivity index (χ0v) is 6.02. The Labute approximate surface area is 63.1 Å². The van der Waals surface area contributed by atoms with Gasteiger partial charge in [-0.05, 0) is 6.92 Å². The molecule has 1 aromatic rings. The Morgan fingerprint density at radius 2 is 1.64 bits per heavy atom. The normalized spacial score (nSPS) is 11.6. The molecular weight excluding hydrogens is 152 g/mol. The summed E-state index contributed by atoms with van der Waals surface area (Å²) in [6.45, 7) is -3.37.